The second-order valence-corrected chi connectivity index (χ2v) is 5.90. The second-order valence-electron chi connectivity index (χ2n) is 5.90. The van der Waals surface area contributed by atoms with Crippen LogP contribution < -0.4 is 10.2 Å². The van der Waals surface area contributed by atoms with Gasteiger partial charge in [0, 0.05) is 31.9 Å². The minimum absolute atomic E-state index is 0.525. The van der Waals surface area contributed by atoms with Gasteiger partial charge >= 0.3 is 0 Å². The quantitative estimate of drug-likeness (QED) is 0.882. The molecule has 0 aromatic carbocycles. The highest BCUT2D eigenvalue weighted by Gasteiger charge is 2.18. The maximum atomic E-state index is 4.54. The van der Waals surface area contributed by atoms with Crippen LogP contribution in [0.25, 0.3) is 0 Å². The number of rotatable bonds is 5. The third-order valence-electron chi connectivity index (χ3n) is 4.04. The molecule has 1 N–H and O–H groups in total. The molecule has 0 aliphatic carbocycles. The number of hydrogen-bond donors (Lipinski definition) is 1. The Morgan fingerprint density at radius 2 is 2.11 bits per heavy atom. The van der Waals surface area contributed by atoms with Crippen molar-refractivity contribution in [3.8, 4) is 0 Å². The summed E-state index contributed by atoms with van der Waals surface area (Å²) in [5, 5.41) is 3.46. The Kier molecular flexibility index (Phi) is 5.20. The van der Waals surface area contributed by atoms with E-state index in [0.717, 1.165) is 31.4 Å². The predicted molar refractivity (Wildman–Crippen MR) is 81.4 cm³/mol. The summed E-state index contributed by atoms with van der Waals surface area (Å²) in [5.74, 6) is 2.07. The smallest absolute Gasteiger partial charge is 0.128 e. The first-order valence-electron chi connectivity index (χ1n) is 7.62. The van der Waals surface area contributed by atoms with Crippen LogP contribution in [0.2, 0.25) is 0 Å². The van der Waals surface area contributed by atoms with Crippen LogP contribution in [0, 0.1) is 5.92 Å². The average molecular weight is 261 g/mol. The summed E-state index contributed by atoms with van der Waals surface area (Å²) in [6, 6.07) is 4.87. The second kappa shape index (κ2) is 6.90. The van der Waals surface area contributed by atoms with Crippen molar-refractivity contribution in [3.05, 3.63) is 23.9 Å². The highest BCUT2D eigenvalue weighted by molar-refractivity contribution is 5.41. The van der Waals surface area contributed by atoms with Crippen molar-refractivity contribution in [2.24, 2.45) is 5.92 Å². The van der Waals surface area contributed by atoms with E-state index in [1.54, 1.807) is 0 Å². The highest BCUT2D eigenvalue weighted by atomic mass is 15.2. The van der Waals surface area contributed by atoms with Crippen LogP contribution in [0.5, 0.6) is 0 Å². The number of hydrogen-bond acceptors (Lipinski definition) is 3. The molecule has 1 saturated heterocycles. The Bertz CT molecular complexity index is 381. The molecule has 3 nitrogen and oxygen atoms in total. The molecule has 0 atom stereocenters. The minimum Gasteiger partial charge on any atom is -0.357 e. The van der Waals surface area contributed by atoms with Crippen LogP contribution in [-0.2, 0) is 6.54 Å². The van der Waals surface area contributed by atoms with E-state index < -0.39 is 0 Å². The van der Waals surface area contributed by atoms with Gasteiger partial charge in [-0.2, -0.15) is 0 Å². The summed E-state index contributed by atoms with van der Waals surface area (Å²) >= 11 is 0. The van der Waals surface area contributed by atoms with Gasteiger partial charge in [0.05, 0.1) is 0 Å². The Labute approximate surface area is 117 Å². The lowest BCUT2D eigenvalue weighted by Gasteiger charge is -2.32. The number of nitrogens with one attached hydrogen (secondary N) is 1. The molecule has 0 amide bonds. The van der Waals surface area contributed by atoms with Gasteiger partial charge in [-0.15, -0.1) is 0 Å². The van der Waals surface area contributed by atoms with Gasteiger partial charge in [-0.1, -0.05) is 27.2 Å². The normalized spacial score (nSPS) is 17.2. The largest absolute Gasteiger partial charge is 0.357 e. The molecule has 1 aliphatic rings. The Balaban J connectivity index is 1.95. The first-order chi connectivity index (χ1) is 9.19. The Hall–Kier alpha value is -1.09. The fourth-order valence-corrected chi connectivity index (χ4v) is 2.64. The molecule has 1 aromatic rings. The van der Waals surface area contributed by atoms with Gasteiger partial charge in [0.25, 0.3) is 0 Å². The maximum Gasteiger partial charge on any atom is 0.128 e. The molecule has 19 heavy (non-hydrogen) atoms. The van der Waals surface area contributed by atoms with E-state index in [4.69, 9.17) is 0 Å². The molecule has 0 saturated carbocycles. The number of aromatic nitrogens is 1. The van der Waals surface area contributed by atoms with Crippen LogP contribution in [-0.4, -0.2) is 24.1 Å². The highest BCUT2D eigenvalue weighted by Crippen LogP contribution is 2.24. The lowest BCUT2D eigenvalue weighted by atomic mass is 9.94. The van der Waals surface area contributed by atoms with E-state index in [2.05, 4.69) is 48.1 Å². The fraction of sp³-hybridized carbons (Fsp3) is 0.688. The van der Waals surface area contributed by atoms with Crippen molar-refractivity contribution in [1.82, 2.24) is 10.3 Å². The molecule has 0 spiro atoms. The molecule has 106 valence electrons. The summed E-state index contributed by atoms with van der Waals surface area (Å²) < 4.78 is 0. The molecule has 0 unspecified atom stereocenters. The average Bonchev–Trinajstić information content (AvgIpc) is 2.45. The SMILES string of the molecule is CCC1CCN(c2cc(CNC(C)C)ccn2)CC1. The number of nitrogens with zero attached hydrogens (tertiary/aromatic N) is 2. The topological polar surface area (TPSA) is 28.2 Å². The zero-order chi connectivity index (χ0) is 13.7. The summed E-state index contributed by atoms with van der Waals surface area (Å²) in [6.45, 7) is 9.91. The molecule has 3 heteroatoms. The molecule has 1 fully saturated rings. The van der Waals surface area contributed by atoms with Gasteiger partial charge in [0.15, 0.2) is 0 Å². The minimum atomic E-state index is 0.525. The van der Waals surface area contributed by atoms with E-state index in [9.17, 15) is 0 Å². The third-order valence-corrected chi connectivity index (χ3v) is 4.04. The van der Waals surface area contributed by atoms with Crippen molar-refractivity contribution >= 4 is 5.82 Å². The zero-order valence-electron chi connectivity index (χ0n) is 12.5. The van der Waals surface area contributed by atoms with Crippen LogP contribution in [0.4, 0.5) is 5.82 Å². The van der Waals surface area contributed by atoms with Crippen molar-refractivity contribution in [1.29, 1.82) is 0 Å². The lowest BCUT2D eigenvalue weighted by molar-refractivity contribution is 0.393. The number of piperidine rings is 1. The van der Waals surface area contributed by atoms with Crippen molar-refractivity contribution in [3.63, 3.8) is 0 Å². The predicted octanol–water partition coefficient (Wildman–Crippen LogP) is 3.21. The summed E-state index contributed by atoms with van der Waals surface area (Å²) in [7, 11) is 0. The van der Waals surface area contributed by atoms with E-state index in [-0.39, 0.29) is 0 Å². The Morgan fingerprint density at radius 3 is 2.74 bits per heavy atom. The summed E-state index contributed by atoms with van der Waals surface area (Å²) in [6.07, 6.45) is 5.89. The van der Waals surface area contributed by atoms with E-state index in [1.165, 1.54) is 24.8 Å². The summed E-state index contributed by atoms with van der Waals surface area (Å²) in [4.78, 5) is 6.97. The monoisotopic (exact) mass is 261 g/mol. The molecule has 0 bridgehead atoms. The first kappa shape index (κ1) is 14.3. The van der Waals surface area contributed by atoms with Crippen LogP contribution >= 0.6 is 0 Å². The van der Waals surface area contributed by atoms with Crippen molar-refractivity contribution in [2.75, 3.05) is 18.0 Å². The number of pyridine rings is 1. The van der Waals surface area contributed by atoms with E-state index >= 15 is 0 Å². The Morgan fingerprint density at radius 1 is 1.37 bits per heavy atom. The molecule has 0 radical (unpaired) electrons. The fourth-order valence-electron chi connectivity index (χ4n) is 2.64. The van der Waals surface area contributed by atoms with E-state index in [1.807, 2.05) is 6.20 Å². The van der Waals surface area contributed by atoms with Crippen molar-refractivity contribution in [2.45, 2.75) is 52.6 Å². The summed E-state index contributed by atoms with van der Waals surface area (Å²) in [5.41, 5.74) is 1.33. The standard InChI is InChI=1S/C16H27N3/c1-4-14-6-9-19(10-7-14)16-11-15(5-8-17-16)12-18-13(2)3/h5,8,11,13-14,18H,4,6-7,9-10,12H2,1-3H3. The van der Waals surface area contributed by atoms with Crippen LogP contribution in [0.3, 0.4) is 0 Å². The van der Waals surface area contributed by atoms with Crippen molar-refractivity contribution < 1.29 is 0 Å². The van der Waals surface area contributed by atoms with Gasteiger partial charge in [-0.3, -0.25) is 0 Å². The molecular weight excluding hydrogens is 234 g/mol. The van der Waals surface area contributed by atoms with E-state index in [0.29, 0.717) is 6.04 Å². The molecule has 2 heterocycles. The van der Waals surface area contributed by atoms with Gasteiger partial charge in [-0.25, -0.2) is 4.98 Å². The van der Waals surface area contributed by atoms with Crippen LogP contribution in [0.1, 0.15) is 45.6 Å². The maximum absolute atomic E-state index is 4.54. The first-order valence-corrected chi connectivity index (χ1v) is 7.62. The number of anilines is 1. The molecule has 1 aromatic heterocycles. The zero-order valence-corrected chi connectivity index (χ0v) is 12.5. The van der Waals surface area contributed by atoms with Gasteiger partial charge in [0.1, 0.15) is 5.82 Å². The molecular formula is C16H27N3. The van der Waals surface area contributed by atoms with Gasteiger partial charge < -0.3 is 10.2 Å². The molecule has 2 rings (SSSR count). The van der Waals surface area contributed by atoms with Gasteiger partial charge in [0.2, 0.25) is 0 Å². The molecule has 1 aliphatic heterocycles. The third kappa shape index (κ3) is 4.20. The van der Waals surface area contributed by atoms with Gasteiger partial charge in [-0.05, 0) is 36.5 Å². The lowest BCUT2D eigenvalue weighted by Crippen LogP contribution is -2.34. The van der Waals surface area contributed by atoms with Crippen LogP contribution in [0.15, 0.2) is 18.3 Å².